The molecule has 0 saturated heterocycles. The average Bonchev–Trinajstić information content (AvgIpc) is 3.20. The molecule has 160 valence electrons. The highest BCUT2D eigenvalue weighted by atomic mass is 16.5. The van der Waals surface area contributed by atoms with Gasteiger partial charge in [0.2, 0.25) is 11.8 Å². The van der Waals surface area contributed by atoms with E-state index in [0.717, 1.165) is 11.3 Å². The molecule has 2 amide bonds. The van der Waals surface area contributed by atoms with E-state index in [1.807, 2.05) is 34.9 Å². The van der Waals surface area contributed by atoms with Gasteiger partial charge in [-0.05, 0) is 31.5 Å². The smallest absolute Gasteiger partial charge is 0.241 e. The molecule has 3 aromatic rings. The van der Waals surface area contributed by atoms with E-state index >= 15 is 0 Å². The molecule has 0 aliphatic carbocycles. The lowest BCUT2D eigenvalue weighted by Gasteiger charge is -2.32. The highest BCUT2D eigenvalue weighted by molar-refractivity contribution is 6.13. The first-order chi connectivity index (χ1) is 15.0. The Morgan fingerprint density at radius 2 is 1.97 bits per heavy atom. The Balaban J connectivity index is 1.65. The summed E-state index contributed by atoms with van der Waals surface area (Å²) in [6, 6.07) is 17.0. The lowest BCUT2D eigenvalue weighted by atomic mass is 9.95. The van der Waals surface area contributed by atoms with Crippen LogP contribution in [0.1, 0.15) is 31.1 Å². The molecule has 0 unspecified atom stereocenters. The predicted octanol–water partition coefficient (Wildman–Crippen LogP) is 3.82. The van der Waals surface area contributed by atoms with E-state index in [1.54, 1.807) is 42.6 Å². The van der Waals surface area contributed by atoms with Crippen LogP contribution >= 0.6 is 0 Å². The van der Waals surface area contributed by atoms with Crippen molar-refractivity contribution >= 4 is 23.3 Å². The SMILES string of the molecule is COc1cccc(NC(=O)[C@H]2Cc3c(ncn3C(C)C)N(Cc3ccccc3)C2=O)c1. The van der Waals surface area contributed by atoms with Crippen LogP contribution in [0.3, 0.4) is 0 Å². The molecule has 0 radical (unpaired) electrons. The van der Waals surface area contributed by atoms with Gasteiger partial charge in [0.05, 0.1) is 25.7 Å². The van der Waals surface area contributed by atoms with Gasteiger partial charge in [0.1, 0.15) is 11.7 Å². The van der Waals surface area contributed by atoms with Gasteiger partial charge in [-0.3, -0.25) is 14.5 Å². The minimum absolute atomic E-state index is 0.171. The van der Waals surface area contributed by atoms with Crippen LogP contribution in [0, 0.1) is 5.92 Å². The van der Waals surface area contributed by atoms with Crippen LogP contribution < -0.4 is 15.0 Å². The van der Waals surface area contributed by atoms with E-state index in [1.165, 1.54) is 0 Å². The third-order valence-electron chi connectivity index (χ3n) is 5.49. The molecule has 0 bridgehead atoms. The van der Waals surface area contributed by atoms with Gasteiger partial charge in [0.25, 0.3) is 0 Å². The van der Waals surface area contributed by atoms with Crippen LogP contribution in [0.25, 0.3) is 0 Å². The Morgan fingerprint density at radius 1 is 1.19 bits per heavy atom. The van der Waals surface area contributed by atoms with Crippen molar-refractivity contribution in [3.8, 4) is 5.75 Å². The summed E-state index contributed by atoms with van der Waals surface area (Å²) in [6.07, 6.45) is 2.07. The maximum atomic E-state index is 13.4. The van der Waals surface area contributed by atoms with E-state index in [2.05, 4.69) is 24.1 Å². The Kier molecular flexibility index (Phi) is 5.75. The first-order valence-electron chi connectivity index (χ1n) is 10.3. The summed E-state index contributed by atoms with van der Waals surface area (Å²) >= 11 is 0. The zero-order valence-electron chi connectivity index (χ0n) is 17.9. The Morgan fingerprint density at radius 3 is 2.68 bits per heavy atom. The van der Waals surface area contributed by atoms with Gasteiger partial charge in [0, 0.05) is 24.2 Å². The molecule has 0 saturated carbocycles. The minimum atomic E-state index is -0.836. The van der Waals surface area contributed by atoms with Crippen molar-refractivity contribution in [1.29, 1.82) is 0 Å². The van der Waals surface area contributed by atoms with Crippen molar-refractivity contribution in [2.24, 2.45) is 5.92 Å². The standard InChI is InChI=1S/C24H26N4O3/c1-16(2)28-15-25-22-21(28)13-20(23(29)26-18-10-7-11-19(12-18)31-3)24(30)27(22)14-17-8-5-4-6-9-17/h4-12,15-16,20H,13-14H2,1-3H3,(H,26,29)/t20-/m1/s1. The van der Waals surface area contributed by atoms with Crippen LogP contribution in [-0.2, 0) is 22.6 Å². The van der Waals surface area contributed by atoms with Gasteiger partial charge in [-0.15, -0.1) is 0 Å². The molecular formula is C24H26N4O3. The second-order valence-electron chi connectivity index (χ2n) is 7.90. The van der Waals surface area contributed by atoms with Crippen LogP contribution in [-0.4, -0.2) is 28.5 Å². The molecule has 4 rings (SSSR count). The third-order valence-corrected chi connectivity index (χ3v) is 5.49. The molecule has 1 aliphatic rings. The van der Waals surface area contributed by atoms with E-state index in [4.69, 9.17) is 4.74 Å². The Hall–Kier alpha value is -3.61. The van der Waals surface area contributed by atoms with E-state index in [0.29, 0.717) is 30.2 Å². The second-order valence-corrected chi connectivity index (χ2v) is 7.90. The number of nitrogens with one attached hydrogen (secondary N) is 1. The predicted molar refractivity (Wildman–Crippen MR) is 119 cm³/mol. The maximum Gasteiger partial charge on any atom is 0.241 e. The monoisotopic (exact) mass is 418 g/mol. The zero-order valence-corrected chi connectivity index (χ0v) is 17.9. The van der Waals surface area contributed by atoms with Gasteiger partial charge < -0.3 is 14.6 Å². The number of benzene rings is 2. The summed E-state index contributed by atoms with van der Waals surface area (Å²) < 4.78 is 7.26. The van der Waals surface area contributed by atoms with Gasteiger partial charge in [0.15, 0.2) is 5.82 Å². The molecule has 2 aromatic carbocycles. The first kappa shape index (κ1) is 20.7. The van der Waals surface area contributed by atoms with Crippen LogP contribution in [0.4, 0.5) is 11.5 Å². The number of hydrogen-bond donors (Lipinski definition) is 1. The molecule has 7 heteroatoms. The number of anilines is 2. The highest BCUT2D eigenvalue weighted by Crippen LogP contribution is 2.33. The Labute approximate surface area is 181 Å². The van der Waals surface area contributed by atoms with Gasteiger partial charge >= 0.3 is 0 Å². The van der Waals surface area contributed by atoms with Gasteiger partial charge in [-0.1, -0.05) is 36.4 Å². The number of nitrogens with zero attached hydrogens (tertiary/aromatic N) is 3. The van der Waals surface area contributed by atoms with E-state index in [9.17, 15) is 9.59 Å². The fourth-order valence-electron chi connectivity index (χ4n) is 3.87. The summed E-state index contributed by atoms with van der Waals surface area (Å²) in [7, 11) is 1.57. The average molecular weight is 418 g/mol. The number of imidazole rings is 1. The van der Waals surface area contributed by atoms with Crippen molar-refractivity contribution in [2.75, 3.05) is 17.3 Å². The molecule has 1 aliphatic heterocycles. The first-order valence-corrected chi connectivity index (χ1v) is 10.3. The fraction of sp³-hybridized carbons (Fsp3) is 0.292. The van der Waals surface area contributed by atoms with E-state index < -0.39 is 5.92 Å². The van der Waals surface area contributed by atoms with Crippen LogP contribution in [0.2, 0.25) is 0 Å². The van der Waals surface area contributed by atoms with Crippen molar-refractivity contribution in [1.82, 2.24) is 9.55 Å². The summed E-state index contributed by atoms with van der Waals surface area (Å²) in [5, 5.41) is 2.88. The molecule has 31 heavy (non-hydrogen) atoms. The molecule has 7 nitrogen and oxygen atoms in total. The number of carbonyl (C=O) groups excluding carboxylic acids is 2. The molecule has 0 spiro atoms. The Bertz CT molecular complexity index is 1090. The number of hydrogen-bond acceptors (Lipinski definition) is 4. The molecule has 2 heterocycles. The number of aromatic nitrogens is 2. The fourth-order valence-corrected chi connectivity index (χ4v) is 3.87. The summed E-state index contributed by atoms with van der Waals surface area (Å²) in [6.45, 7) is 4.49. The topological polar surface area (TPSA) is 76.5 Å². The van der Waals surface area contributed by atoms with Crippen molar-refractivity contribution in [2.45, 2.75) is 32.9 Å². The molecule has 1 atom stereocenters. The van der Waals surface area contributed by atoms with Gasteiger partial charge in [-0.2, -0.15) is 0 Å². The summed E-state index contributed by atoms with van der Waals surface area (Å²) in [5.74, 6) is -0.146. The van der Waals surface area contributed by atoms with Crippen molar-refractivity contribution in [3.63, 3.8) is 0 Å². The maximum absolute atomic E-state index is 13.4. The minimum Gasteiger partial charge on any atom is -0.497 e. The quantitative estimate of drug-likeness (QED) is 0.618. The van der Waals surface area contributed by atoms with Crippen LogP contribution in [0.5, 0.6) is 5.75 Å². The second kappa shape index (κ2) is 8.63. The number of carbonyl (C=O) groups is 2. The van der Waals surface area contributed by atoms with Gasteiger partial charge in [-0.25, -0.2) is 4.98 Å². The number of fused-ring (bicyclic) bond motifs is 1. The van der Waals surface area contributed by atoms with Crippen molar-refractivity contribution in [3.05, 3.63) is 72.2 Å². The molecule has 1 aromatic heterocycles. The summed E-state index contributed by atoms with van der Waals surface area (Å²) in [4.78, 5) is 32.7. The lowest BCUT2D eigenvalue weighted by Crippen LogP contribution is -2.46. The normalized spacial score (nSPS) is 15.7. The summed E-state index contributed by atoms with van der Waals surface area (Å²) in [5.41, 5.74) is 2.47. The third kappa shape index (κ3) is 4.17. The van der Waals surface area contributed by atoms with Crippen LogP contribution in [0.15, 0.2) is 60.9 Å². The number of rotatable bonds is 6. The molecule has 1 N–H and O–H groups in total. The van der Waals surface area contributed by atoms with Crippen molar-refractivity contribution < 1.29 is 14.3 Å². The highest BCUT2D eigenvalue weighted by Gasteiger charge is 2.40. The number of methoxy groups -OCH3 is 1. The molecule has 0 fully saturated rings. The largest absolute Gasteiger partial charge is 0.497 e. The molecular weight excluding hydrogens is 392 g/mol. The lowest BCUT2D eigenvalue weighted by molar-refractivity contribution is -0.131. The zero-order chi connectivity index (χ0) is 22.0. The number of amides is 2. The van der Waals surface area contributed by atoms with E-state index in [-0.39, 0.29) is 17.9 Å². The number of ether oxygens (including phenoxy) is 1.